The lowest BCUT2D eigenvalue weighted by Gasteiger charge is -2.02. The fraction of sp³-hybridized carbons (Fsp3) is 0.143. The van der Waals surface area contributed by atoms with Gasteiger partial charge < -0.3 is 10.0 Å². The van der Waals surface area contributed by atoms with E-state index in [4.69, 9.17) is 10.0 Å². The molecular formula is C7H8BNO4. The van der Waals surface area contributed by atoms with Crippen LogP contribution in [0, 0.1) is 17.0 Å². The third-order valence-corrected chi connectivity index (χ3v) is 1.73. The lowest BCUT2D eigenvalue weighted by atomic mass is 9.78. The van der Waals surface area contributed by atoms with Gasteiger partial charge in [-0.05, 0) is 6.92 Å². The van der Waals surface area contributed by atoms with Gasteiger partial charge in [0.25, 0.3) is 5.69 Å². The molecule has 13 heavy (non-hydrogen) atoms. The zero-order valence-corrected chi connectivity index (χ0v) is 6.97. The van der Waals surface area contributed by atoms with Gasteiger partial charge in [-0.1, -0.05) is 18.2 Å². The summed E-state index contributed by atoms with van der Waals surface area (Å²) in [6, 6.07) is 4.40. The predicted molar refractivity (Wildman–Crippen MR) is 47.7 cm³/mol. The molecule has 1 aromatic carbocycles. The van der Waals surface area contributed by atoms with Gasteiger partial charge in [0.05, 0.1) is 10.4 Å². The summed E-state index contributed by atoms with van der Waals surface area (Å²) in [6.45, 7) is 1.55. The zero-order chi connectivity index (χ0) is 10.0. The minimum Gasteiger partial charge on any atom is -0.423 e. The van der Waals surface area contributed by atoms with E-state index in [1.807, 2.05) is 0 Å². The second kappa shape index (κ2) is 3.55. The topological polar surface area (TPSA) is 83.6 Å². The molecule has 5 nitrogen and oxygen atoms in total. The predicted octanol–water partition coefficient (Wildman–Crippen LogP) is -0.417. The van der Waals surface area contributed by atoms with Crippen molar-refractivity contribution in [3.8, 4) is 0 Å². The first kappa shape index (κ1) is 9.69. The number of hydrogen-bond donors (Lipinski definition) is 2. The summed E-state index contributed by atoms with van der Waals surface area (Å²) in [6.07, 6.45) is 0. The highest BCUT2D eigenvalue weighted by Gasteiger charge is 2.24. The van der Waals surface area contributed by atoms with Crippen molar-refractivity contribution in [2.75, 3.05) is 0 Å². The summed E-state index contributed by atoms with van der Waals surface area (Å²) in [5.74, 6) is 0. The summed E-state index contributed by atoms with van der Waals surface area (Å²) < 4.78 is 0. The van der Waals surface area contributed by atoms with E-state index in [1.165, 1.54) is 12.1 Å². The molecule has 0 spiro atoms. The largest absolute Gasteiger partial charge is 0.495 e. The molecule has 0 atom stereocenters. The van der Waals surface area contributed by atoms with Gasteiger partial charge in [-0.3, -0.25) is 10.1 Å². The van der Waals surface area contributed by atoms with Gasteiger partial charge >= 0.3 is 7.12 Å². The first-order chi connectivity index (χ1) is 6.04. The monoisotopic (exact) mass is 181 g/mol. The molecule has 0 amide bonds. The third-order valence-electron chi connectivity index (χ3n) is 1.73. The molecule has 0 aromatic heterocycles. The third kappa shape index (κ3) is 1.85. The number of para-hydroxylation sites is 1. The van der Waals surface area contributed by atoms with Crippen LogP contribution in [-0.2, 0) is 0 Å². The van der Waals surface area contributed by atoms with Crippen molar-refractivity contribution in [1.82, 2.24) is 0 Å². The lowest BCUT2D eigenvalue weighted by molar-refractivity contribution is -0.384. The van der Waals surface area contributed by atoms with E-state index in [-0.39, 0.29) is 11.2 Å². The van der Waals surface area contributed by atoms with Crippen molar-refractivity contribution >= 4 is 18.3 Å². The van der Waals surface area contributed by atoms with Gasteiger partial charge in [0.1, 0.15) is 0 Å². The van der Waals surface area contributed by atoms with Crippen molar-refractivity contribution in [2.24, 2.45) is 0 Å². The summed E-state index contributed by atoms with van der Waals surface area (Å²) in [7, 11) is -1.81. The van der Waals surface area contributed by atoms with Crippen LogP contribution in [-0.4, -0.2) is 22.1 Å². The zero-order valence-electron chi connectivity index (χ0n) is 6.97. The summed E-state index contributed by atoms with van der Waals surface area (Å²) in [5, 5.41) is 28.2. The Kier molecular flexibility index (Phi) is 2.65. The molecule has 1 aromatic rings. The van der Waals surface area contributed by atoms with E-state index in [0.717, 1.165) is 0 Å². The van der Waals surface area contributed by atoms with Gasteiger partial charge in [0.15, 0.2) is 0 Å². The van der Waals surface area contributed by atoms with Crippen molar-refractivity contribution in [3.63, 3.8) is 0 Å². The van der Waals surface area contributed by atoms with E-state index in [2.05, 4.69) is 0 Å². The van der Waals surface area contributed by atoms with Crippen LogP contribution < -0.4 is 5.46 Å². The highest BCUT2D eigenvalue weighted by molar-refractivity contribution is 6.60. The summed E-state index contributed by atoms with van der Waals surface area (Å²) in [4.78, 5) is 9.91. The Balaban J connectivity index is 3.34. The van der Waals surface area contributed by atoms with E-state index in [0.29, 0.717) is 5.56 Å². The number of nitro benzene ring substituents is 1. The molecule has 0 bridgehead atoms. The van der Waals surface area contributed by atoms with Crippen LogP contribution in [0.25, 0.3) is 0 Å². The van der Waals surface area contributed by atoms with Crippen LogP contribution in [0.15, 0.2) is 18.2 Å². The van der Waals surface area contributed by atoms with Gasteiger partial charge in [0, 0.05) is 5.56 Å². The van der Waals surface area contributed by atoms with Crippen LogP contribution in [0.1, 0.15) is 5.56 Å². The number of nitro groups is 1. The molecule has 0 saturated carbocycles. The second-order valence-electron chi connectivity index (χ2n) is 2.64. The van der Waals surface area contributed by atoms with E-state index >= 15 is 0 Å². The molecule has 0 aliphatic heterocycles. The number of hydrogen-bond acceptors (Lipinski definition) is 4. The Morgan fingerprint density at radius 3 is 2.46 bits per heavy atom. The maximum atomic E-state index is 10.5. The Labute approximate surface area is 74.9 Å². The molecule has 1 rings (SSSR count). The fourth-order valence-corrected chi connectivity index (χ4v) is 1.14. The first-order valence-corrected chi connectivity index (χ1v) is 3.64. The van der Waals surface area contributed by atoms with Crippen LogP contribution in [0.5, 0.6) is 0 Å². The van der Waals surface area contributed by atoms with Crippen LogP contribution in [0.2, 0.25) is 0 Å². The second-order valence-corrected chi connectivity index (χ2v) is 2.64. The molecule has 0 radical (unpaired) electrons. The molecular weight excluding hydrogens is 173 g/mol. The Hall–Kier alpha value is -1.40. The first-order valence-electron chi connectivity index (χ1n) is 3.64. The summed E-state index contributed by atoms with van der Waals surface area (Å²) in [5.41, 5.74) is 0.0955. The number of benzene rings is 1. The normalized spacial score (nSPS) is 9.77. The van der Waals surface area contributed by atoms with E-state index in [1.54, 1.807) is 13.0 Å². The highest BCUT2D eigenvalue weighted by atomic mass is 16.6. The minimum atomic E-state index is -1.81. The molecule has 68 valence electrons. The van der Waals surface area contributed by atoms with Gasteiger partial charge in [-0.25, -0.2) is 0 Å². The Morgan fingerprint density at radius 2 is 2.08 bits per heavy atom. The molecule has 0 aliphatic rings. The minimum absolute atomic E-state index is 0.0787. The number of aryl methyl sites for hydroxylation is 1. The Bertz CT molecular complexity index is 339. The smallest absolute Gasteiger partial charge is 0.423 e. The number of nitrogens with zero attached hydrogens (tertiary/aromatic N) is 1. The highest BCUT2D eigenvalue weighted by Crippen LogP contribution is 2.13. The van der Waals surface area contributed by atoms with Gasteiger partial charge in [-0.2, -0.15) is 0 Å². The average molecular weight is 181 g/mol. The van der Waals surface area contributed by atoms with E-state index in [9.17, 15) is 10.1 Å². The standard InChI is InChI=1S/C7H8BNO4/c1-5-3-2-4-6(8(10)11)7(5)9(12)13/h2-4,10-11H,1H3. The quantitative estimate of drug-likeness (QED) is 0.368. The fourth-order valence-electron chi connectivity index (χ4n) is 1.14. The molecule has 0 unspecified atom stereocenters. The average Bonchev–Trinajstić information content (AvgIpc) is 2.02. The molecule has 2 N–H and O–H groups in total. The molecule has 0 fully saturated rings. The lowest BCUT2D eigenvalue weighted by Crippen LogP contribution is -2.32. The number of rotatable bonds is 2. The van der Waals surface area contributed by atoms with Crippen LogP contribution in [0.4, 0.5) is 5.69 Å². The van der Waals surface area contributed by atoms with Crippen molar-refractivity contribution in [3.05, 3.63) is 33.9 Å². The van der Waals surface area contributed by atoms with E-state index < -0.39 is 12.0 Å². The molecule has 0 heterocycles. The molecule has 0 aliphatic carbocycles. The van der Waals surface area contributed by atoms with Crippen LogP contribution >= 0.6 is 0 Å². The van der Waals surface area contributed by atoms with Crippen LogP contribution in [0.3, 0.4) is 0 Å². The molecule has 0 saturated heterocycles. The SMILES string of the molecule is Cc1cccc(B(O)O)c1[N+](=O)[O-]. The van der Waals surface area contributed by atoms with Crippen molar-refractivity contribution in [2.45, 2.75) is 6.92 Å². The van der Waals surface area contributed by atoms with Crippen molar-refractivity contribution < 1.29 is 15.0 Å². The molecule has 6 heteroatoms. The summed E-state index contributed by atoms with van der Waals surface area (Å²) >= 11 is 0. The van der Waals surface area contributed by atoms with Gasteiger partial charge in [-0.15, -0.1) is 0 Å². The Morgan fingerprint density at radius 1 is 1.46 bits per heavy atom. The van der Waals surface area contributed by atoms with Gasteiger partial charge in [0.2, 0.25) is 0 Å². The maximum Gasteiger partial charge on any atom is 0.495 e. The maximum absolute atomic E-state index is 10.5. The van der Waals surface area contributed by atoms with Crippen molar-refractivity contribution in [1.29, 1.82) is 0 Å².